The molecule has 1 aromatic rings. The van der Waals surface area contributed by atoms with E-state index in [1.165, 1.54) is 31.2 Å². The van der Waals surface area contributed by atoms with E-state index < -0.39 is 0 Å². The van der Waals surface area contributed by atoms with Gasteiger partial charge in [0.05, 0.1) is 0 Å². The number of nitrogens with zero attached hydrogens (tertiary/aromatic N) is 2. The van der Waals surface area contributed by atoms with Crippen molar-refractivity contribution in [1.29, 1.82) is 0 Å². The minimum atomic E-state index is 0.581. The molecule has 0 amide bonds. The molecular formula is C18H31N3. The van der Waals surface area contributed by atoms with Crippen molar-refractivity contribution < 1.29 is 0 Å². The van der Waals surface area contributed by atoms with Crippen molar-refractivity contribution in [3.05, 3.63) is 23.8 Å². The normalized spacial score (nSPS) is 23.0. The largest absolute Gasteiger partial charge is 0.312 e. The first-order valence-electron chi connectivity index (χ1n) is 8.57. The van der Waals surface area contributed by atoms with Crippen LogP contribution in [0.4, 0.5) is 0 Å². The second-order valence-corrected chi connectivity index (χ2v) is 7.33. The van der Waals surface area contributed by atoms with Crippen LogP contribution in [0.15, 0.2) is 12.4 Å². The lowest BCUT2D eigenvalue weighted by Gasteiger charge is -2.30. The Morgan fingerprint density at radius 2 is 1.67 bits per heavy atom. The number of nitrogens with one attached hydrogen (secondary N) is 1. The van der Waals surface area contributed by atoms with E-state index in [9.17, 15) is 0 Å². The van der Waals surface area contributed by atoms with Crippen LogP contribution in [0.2, 0.25) is 0 Å². The molecule has 21 heavy (non-hydrogen) atoms. The number of hydrogen-bond donors (Lipinski definition) is 1. The molecule has 1 aliphatic carbocycles. The maximum atomic E-state index is 4.62. The molecule has 0 unspecified atom stereocenters. The zero-order valence-corrected chi connectivity index (χ0v) is 14.1. The van der Waals surface area contributed by atoms with Crippen molar-refractivity contribution in [2.24, 2.45) is 17.8 Å². The summed E-state index contributed by atoms with van der Waals surface area (Å²) < 4.78 is 0. The van der Waals surface area contributed by atoms with E-state index in [2.05, 4.69) is 43.0 Å². The zero-order valence-electron chi connectivity index (χ0n) is 14.1. The van der Waals surface area contributed by atoms with Gasteiger partial charge in [0.25, 0.3) is 0 Å². The van der Waals surface area contributed by atoms with E-state index in [0.29, 0.717) is 11.8 Å². The van der Waals surface area contributed by atoms with Crippen LogP contribution in [0.25, 0.3) is 0 Å². The van der Waals surface area contributed by atoms with Crippen LogP contribution in [0, 0.1) is 17.8 Å². The highest BCUT2D eigenvalue weighted by Gasteiger charge is 2.25. The molecule has 0 spiro atoms. The van der Waals surface area contributed by atoms with Crippen molar-refractivity contribution >= 4 is 0 Å². The van der Waals surface area contributed by atoms with E-state index in [1.54, 1.807) is 0 Å². The smallest absolute Gasteiger partial charge is 0.131 e. The fraction of sp³-hybridized carbons (Fsp3) is 0.778. The van der Waals surface area contributed by atoms with Gasteiger partial charge >= 0.3 is 0 Å². The van der Waals surface area contributed by atoms with Crippen LogP contribution in [-0.2, 0) is 6.54 Å². The Hall–Kier alpha value is -0.960. The Kier molecular flexibility index (Phi) is 6.16. The Morgan fingerprint density at radius 3 is 2.19 bits per heavy atom. The highest BCUT2D eigenvalue weighted by atomic mass is 14.9. The summed E-state index contributed by atoms with van der Waals surface area (Å²) in [5, 5.41) is 3.44. The summed E-state index contributed by atoms with van der Waals surface area (Å²) in [5.41, 5.74) is 1.19. The molecule has 0 aromatic carbocycles. The molecule has 1 aliphatic rings. The van der Waals surface area contributed by atoms with Crippen molar-refractivity contribution in [1.82, 2.24) is 15.3 Å². The molecule has 1 fully saturated rings. The topological polar surface area (TPSA) is 37.8 Å². The van der Waals surface area contributed by atoms with Gasteiger partial charge in [0.2, 0.25) is 0 Å². The third-order valence-electron chi connectivity index (χ3n) is 4.69. The average Bonchev–Trinajstić information content (AvgIpc) is 2.48. The fourth-order valence-corrected chi connectivity index (χ4v) is 3.22. The molecule has 1 saturated carbocycles. The first kappa shape index (κ1) is 16.4. The van der Waals surface area contributed by atoms with E-state index in [-0.39, 0.29) is 0 Å². The maximum Gasteiger partial charge on any atom is 0.131 e. The molecule has 0 radical (unpaired) electrons. The fourth-order valence-electron chi connectivity index (χ4n) is 3.22. The van der Waals surface area contributed by atoms with E-state index in [1.807, 2.05) is 12.4 Å². The number of rotatable bonds is 6. The van der Waals surface area contributed by atoms with Crippen molar-refractivity contribution in [2.75, 3.05) is 6.54 Å². The molecule has 2 rings (SSSR count). The Bertz CT molecular complexity index is 403. The lowest BCUT2D eigenvalue weighted by molar-refractivity contribution is 0.254. The molecule has 3 nitrogen and oxygen atoms in total. The van der Waals surface area contributed by atoms with Gasteiger partial charge < -0.3 is 5.32 Å². The molecule has 1 aromatic heterocycles. The summed E-state index contributed by atoms with van der Waals surface area (Å²) in [6.07, 6.45) is 9.20. The molecule has 1 heterocycles. The number of hydrogen-bond acceptors (Lipinski definition) is 3. The molecule has 1 N–H and O–H groups in total. The van der Waals surface area contributed by atoms with Gasteiger partial charge in [-0.25, -0.2) is 9.97 Å². The standard InChI is InChI=1S/C18H31N3/c1-13(2)9-19-10-15-11-20-18(21-12-15)17-7-5-16(6-8-17)14(3)4/h11-14,16-17,19H,5-10H2,1-4H3. The first-order chi connectivity index (χ1) is 10.1. The predicted molar refractivity (Wildman–Crippen MR) is 88.1 cm³/mol. The highest BCUT2D eigenvalue weighted by Crippen LogP contribution is 2.37. The first-order valence-corrected chi connectivity index (χ1v) is 8.57. The summed E-state index contributed by atoms with van der Waals surface area (Å²) in [7, 11) is 0. The molecule has 0 bridgehead atoms. The third-order valence-corrected chi connectivity index (χ3v) is 4.69. The monoisotopic (exact) mass is 289 g/mol. The zero-order chi connectivity index (χ0) is 15.2. The van der Waals surface area contributed by atoms with Gasteiger partial charge in [-0.2, -0.15) is 0 Å². The van der Waals surface area contributed by atoms with E-state index in [0.717, 1.165) is 30.7 Å². The molecular weight excluding hydrogens is 258 g/mol. The summed E-state index contributed by atoms with van der Waals surface area (Å²) >= 11 is 0. The van der Waals surface area contributed by atoms with Crippen LogP contribution >= 0.6 is 0 Å². The Labute approximate surface area is 130 Å². The van der Waals surface area contributed by atoms with Gasteiger partial charge in [-0.15, -0.1) is 0 Å². The summed E-state index contributed by atoms with van der Waals surface area (Å²) in [4.78, 5) is 9.24. The average molecular weight is 289 g/mol. The quantitative estimate of drug-likeness (QED) is 0.855. The summed E-state index contributed by atoms with van der Waals surface area (Å²) in [5.74, 6) is 4.05. The summed E-state index contributed by atoms with van der Waals surface area (Å²) in [6.45, 7) is 11.1. The van der Waals surface area contributed by atoms with Crippen LogP contribution in [0.3, 0.4) is 0 Å². The highest BCUT2D eigenvalue weighted by molar-refractivity contribution is 5.08. The van der Waals surface area contributed by atoms with Crippen LogP contribution < -0.4 is 5.32 Å². The van der Waals surface area contributed by atoms with Crippen LogP contribution in [0.1, 0.15) is 70.7 Å². The van der Waals surface area contributed by atoms with Crippen molar-refractivity contribution in [2.45, 2.75) is 65.8 Å². The van der Waals surface area contributed by atoms with Gasteiger partial charge in [0, 0.05) is 30.4 Å². The molecule has 0 aliphatic heterocycles. The van der Waals surface area contributed by atoms with E-state index in [4.69, 9.17) is 0 Å². The van der Waals surface area contributed by atoms with Gasteiger partial charge in [0.1, 0.15) is 5.82 Å². The third kappa shape index (κ3) is 5.06. The molecule has 0 atom stereocenters. The number of aromatic nitrogens is 2. The lowest BCUT2D eigenvalue weighted by Crippen LogP contribution is -2.20. The van der Waals surface area contributed by atoms with Gasteiger partial charge in [-0.05, 0) is 50.0 Å². The lowest BCUT2D eigenvalue weighted by atomic mass is 9.77. The Balaban J connectivity index is 1.82. The second-order valence-electron chi connectivity index (χ2n) is 7.33. The molecule has 118 valence electrons. The maximum absolute atomic E-state index is 4.62. The summed E-state index contributed by atoms with van der Waals surface area (Å²) in [6, 6.07) is 0. The minimum Gasteiger partial charge on any atom is -0.312 e. The van der Waals surface area contributed by atoms with Crippen molar-refractivity contribution in [3.8, 4) is 0 Å². The molecule has 3 heteroatoms. The SMILES string of the molecule is CC(C)CNCc1cnc(C2CCC(C(C)C)CC2)nc1. The van der Waals surface area contributed by atoms with Gasteiger partial charge in [0.15, 0.2) is 0 Å². The van der Waals surface area contributed by atoms with E-state index >= 15 is 0 Å². The second kappa shape index (κ2) is 7.88. The minimum absolute atomic E-state index is 0.581. The Morgan fingerprint density at radius 1 is 1.05 bits per heavy atom. The van der Waals surface area contributed by atoms with Gasteiger partial charge in [-0.3, -0.25) is 0 Å². The van der Waals surface area contributed by atoms with Crippen LogP contribution in [-0.4, -0.2) is 16.5 Å². The van der Waals surface area contributed by atoms with Crippen LogP contribution in [0.5, 0.6) is 0 Å². The predicted octanol–water partition coefficient (Wildman–Crippen LogP) is 4.15. The molecule has 0 saturated heterocycles. The van der Waals surface area contributed by atoms with Crippen molar-refractivity contribution in [3.63, 3.8) is 0 Å². The van der Waals surface area contributed by atoms with Gasteiger partial charge in [-0.1, -0.05) is 27.7 Å².